The number of amides is 1. The zero-order valence-electron chi connectivity index (χ0n) is 13.4. The third-order valence-electron chi connectivity index (χ3n) is 3.92. The Morgan fingerprint density at radius 1 is 1.33 bits per heavy atom. The smallest absolute Gasteiger partial charge is 0.260 e. The molecule has 24 heavy (non-hydrogen) atoms. The van der Waals surface area contributed by atoms with Crippen LogP contribution in [-0.4, -0.2) is 23.7 Å². The quantitative estimate of drug-likeness (QED) is 0.840. The molecule has 1 heterocycles. The average Bonchev–Trinajstić information content (AvgIpc) is 2.60. The highest BCUT2D eigenvalue weighted by molar-refractivity contribution is 7.80. The molecule has 6 heteroatoms. The van der Waals surface area contributed by atoms with E-state index in [1.165, 1.54) is 5.56 Å². The van der Waals surface area contributed by atoms with Crippen molar-refractivity contribution in [3.63, 3.8) is 0 Å². The predicted octanol–water partition coefficient (Wildman–Crippen LogP) is 2.70. The van der Waals surface area contributed by atoms with Crippen LogP contribution in [0.4, 0.5) is 11.4 Å². The van der Waals surface area contributed by atoms with E-state index < -0.39 is 12.0 Å². The molecule has 1 aliphatic heterocycles. The molecule has 0 spiro atoms. The normalized spacial score (nSPS) is 16.0. The van der Waals surface area contributed by atoms with Crippen LogP contribution in [0.15, 0.2) is 48.5 Å². The Labute approximate surface area is 146 Å². The monoisotopic (exact) mass is 341 g/mol. The van der Waals surface area contributed by atoms with E-state index in [1.54, 1.807) is 6.07 Å². The molecule has 0 bridgehead atoms. The summed E-state index contributed by atoms with van der Waals surface area (Å²) in [6.45, 7) is 2.39. The van der Waals surface area contributed by atoms with E-state index in [-0.39, 0.29) is 6.54 Å². The van der Waals surface area contributed by atoms with Crippen LogP contribution >= 0.6 is 12.2 Å². The third-order valence-corrected chi connectivity index (χ3v) is 4.25. The fourth-order valence-corrected chi connectivity index (χ4v) is 2.93. The van der Waals surface area contributed by atoms with Gasteiger partial charge in [-0.15, -0.1) is 0 Å². The molecular weight excluding hydrogens is 322 g/mol. The molecule has 1 amide bonds. The van der Waals surface area contributed by atoms with E-state index in [0.29, 0.717) is 10.9 Å². The number of hydrogen-bond donors (Lipinski definition) is 2. The molecule has 0 saturated heterocycles. The van der Waals surface area contributed by atoms with Gasteiger partial charge in [-0.2, -0.15) is 0 Å². The van der Waals surface area contributed by atoms with Crippen molar-refractivity contribution < 1.29 is 9.53 Å². The lowest BCUT2D eigenvalue weighted by Gasteiger charge is -2.35. The van der Waals surface area contributed by atoms with E-state index in [4.69, 9.17) is 22.7 Å². The maximum atomic E-state index is 11.6. The van der Waals surface area contributed by atoms with Crippen LogP contribution in [0, 0.1) is 0 Å². The molecule has 2 aromatic rings. The van der Waals surface area contributed by atoms with Crippen molar-refractivity contribution >= 4 is 34.6 Å². The van der Waals surface area contributed by atoms with E-state index >= 15 is 0 Å². The van der Waals surface area contributed by atoms with Gasteiger partial charge in [-0.3, -0.25) is 4.79 Å². The van der Waals surface area contributed by atoms with E-state index in [0.717, 1.165) is 17.8 Å². The van der Waals surface area contributed by atoms with Crippen molar-refractivity contribution in [1.82, 2.24) is 0 Å². The van der Waals surface area contributed by atoms with Crippen LogP contribution in [0.3, 0.4) is 0 Å². The molecule has 0 aromatic heterocycles. The SMILES string of the molecule is CCc1cccc(NC(=S)N2C[C@H](C(N)=O)Oc3ccccc32)c1. The summed E-state index contributed by atoms with van der Waals surface area (Å²) in [6, 6.07) is 15.5. The zero-order chi connectivity index (χ0) is 17.1. The topological polar surface area (TPSA) is 67.6 Å². The summed E-state index contributed by atoms with van der Waals surface area (Å²) in [5.41, 5.74) is 8.38. The van der Waals surface area contributed by atoms with Gasteiger partial charge in [0.05, 0.1) is 12.2 Å². The Balaban J connectivity index is 1.86. The molecule has 0 aliphatic carbocycles. The highest BCUT2D eigenvalue weighted by Gasteiger charge is 2.31. The molecule has 0 saturated carbocycles. The van der Waals surface area contributed by atoms with Crippen LogP contribution in [-0.2, 0) is 11.2 Å². The lowest BCUT2D eigenvalue weighted by molar-refractivity contribution is -0.124. The van der Waals surface area contributed by atoms with Crippen LogP contribution < -0.4 is 20.7 Å². The standard InChI is InChI=1S/C18H19N3O2S/c1-2-12-6-5-7-13(10-12)20-18(24)21-11-16(17(19)22)23-15-9-4-3-8-14(15)21/h3-10,16H,2,11H2,1H3,(H2,19,22)(H,20,24)/t16-/m1/s1. The maximum absolute atomic E-state index is 11.6. The molecule has 0 unspecified atom stereocenters. The van der Waals surface area contributed by atoms with Gasteiger partial charge in [0.25, 0.3) is 5.91 Å². The van der Waals surface area contributed by atoms with Crippen molar-refractivity contribution in [3.8, 4) is 5.75 Å². The summed E-state index contributed by atoms with van der Waals surface area (Å²) in [6.07, 6.45) is 0.216. The number of nitrogens with one attached hydrogen (secondary N) is 1. The van der Waals surface area contributed by atoms with E-state index in [2.05, 4.69) is 24.4 Å². The van der Waals surface area contributed by atoms with Crippen LogP contribution in [0.1, 0.15) is 12.5 Å². The van der Waals surface area contributed by atoms with Crippen LogP contribution in [0.25, 0.3) is 0 Å². The van der Waals surface area contributed by atoms with E-state index in [9.17, 15) is 4.79 Å². The van der Waals surface area contributed by atoms with Crippen molar-refractivity contribution in [1.29, 1.82) is 0 Å². The van der Waals surface area contributed by atoms with Crippen LogP contribution in [0.2, 0.25) is 0 Å². The summed E-state index contributed by atoms with van der Waals surface area (Å²) in [5.74, 6) is 0.0873. The predicted molar refractivity (Wildman–Crippen MR) is 99.4 cm³/mol. The van der Waals surface area contributed by atoms with Gasteiger partial charge in [-0.05, 0) is 48.5 Å². The van der Waals surface area contributed by atoms with Crippen molar-refractivity contribution in [3.05, 3.63) is 54.1 Å². The van der Waals surface area contributed by atoms with Gasteiger partial charge in [-0.1, -0.05) is 31.2 Å². The van der Waals surface area contributed by atoms with Crippen molar-refractivity contribution in [2.45, 2.75) is 19.4 Å². The number of rotatable bonds is 3. The zero-order valence-corrected chi connectivity index (χ0v) is 14.2. The second-order valence-corrected chi connectivity index (χ2v) is 5.96. The van der Waals surface area contributed by atoms with Gasteiger partial charge in [0, 0.05) is 5.69 Å². The van der Waals surface area contributed by atoms with Crippen molar-refractivity contribution in [2.24, 2.45) is 5.73 Å². The number of hydrogen-bond acceptors (Lipinski definition) is 3. The van der Waals surface area contributed by atoms with Crippen LogP contribution in [0.5, 0.6) is 5.75 Å². The Morgan fingerprint density at radius 3 is 2.88 bits per heavy atom. The number of para-hydroxylation sites is 2. The number of fused-ring (bicyclic) bond motifs is 1. The average molecular weight is 341 g/mol. The third kappa shape index (κ3) is 3.33. The van der Waals surface area contributed by atoms with Gasteiger partial charge in [-0.25, -0.2) is 0 Å². The Hall–Kier alpha value is -2.60. The number of ether oxygens (including phenoxy) is 1. The molecule has 124 valence electrons. The highest BCUT2D eigenvalue weighted by Crippen LogP contribution is 2.33. The van der Waals surface area contributed by atoms with Gasteiger partial charge in [0.2, 0.25) is 0 Å². The number of benzene rings is 2. The number of thiocarbonyl (C=S) groups is 1. The minimum absolute atomic E-state index is 0.283. The maximum Gasteiger partial charge on any atom is 0.260 e. The van der Waals surface area contributed by atoms with Crippen molar-refractivity contribution in [2.75, 3.05) is 16.8 Å². The Morgan fingerprint density at radius 2 is 2.12 bits per heavy atom. The molecule has 2 aromatic carbocycles. The van der Waals surface area contributed by atoms with E-state index in [1.807, 2.05) is 35.2 Å². The Bertz CT molecular complexity index is 778. The second-order valence-electron chi connectivity index (χ2n) is 5.57. The molecule has 3 N–H and O–H groups in total. The lowest BCUT2D eigenvalue weighted by Crippen LogP contribution is -2.50. The number of nitrogens with zero attached hydrogens (tertiary/aromatic N) is 1. The first kappa shape index (κ1) is 16.3. The number of aryl methyl sites for hydroxylation is 1. The Kier molecular flexibility index (Phi) is 4.66. The minimum Gasteiger partial charge on any atom is -0.477 e. The summed E-state index contributed by atoms with van der Waals surface area (Å²) < 4.78 is 5.66. The molecule has 1 atom stereocenters. The number of nitrogens with two attached hydrogens (primary N) is 1. The molecular formula is C18H19N3O2S. The fraction of sp³-hybridized carbons (Fsp3) is 0.222. The summed E-state index contributed by atoms with van der Waals surface area (Å²) >= 11 is 5.56. The first-order valence-corrected chi connectivity index (χ1v) is 8.21. The number of carbonyl (C=O) groups is 1. The number of anilines is 2. The summed E-state index contributed by atoms with van der Waals surface area (Å²) in [4.78, 5) is 13.4. The minimum atomic E-state index is -0.735. The summed E-state index contributed by atoms with van der Waals surface area (Å²) in [7, 11) is 0. The lowest BCUT2D eigenvalue weighted by atomic mass is 10.1. The van der Waals surface area contributed by atoms with Gasteiger partial charge in [0.15, 0.2) is 11.2 Å². The number of primary amides is 1. The van der Waals surface area contributed by atoms with Gasteiger partial charge >= 0.3 is 0 Å². The first-order chi connectivity index (χ1) is 11.6. The molecule has 3 rings (SSSR count). The molecule has 0 radical (unpaired) electrons. The molecule has 1 aliphatic rings. The van der Waals surface area contributed by atoms with Gasteiger partial charge in [0.1, 0.15) is 5.75 Å². The molecule has 5 nitrogen and oxygen atoms in total. The highest BCUT2D eigenvalue weighted by atomic mass is 32.1. The van der Waals surface area contributed by atoms with Gasteiger partial charge < -0.3 is 20.7 Å². The largest absolute Gasteiger partial charge is 0.477 e. The fourth-order valence-electron chi connectivity index (χ4n) is 2.63. The molecule has 0 fully saturated rings. The number of carbonyl (C=O) groups excluding carboxylic acids is 1. The first-order valence-electron chi connectivity index (χ1n) is 7.81. The summed E-state index contributed by atoms with van der Waals surface area (Å²) in [5, 5.41) is 3.74. The second kappa shape index (κ2) is 6.88.